The van der Waals surface area contributed by atoms with E-state index in [1.807, 2.05) is 0 Å². The Morgan fingerprint density at radius 3 is 2.83 bits per heavy atom. The minimum Gasteiger partial charge on any atom is -0.338 e. The van der Waals surface area contributed by atoms with Crippen molar-refractivity contribution in [1.82, 2.24) is 24.9 Å². The van der Waals surface area contributed by atoms with Crippen molar-refractivity contribution in [1.29, 1.82) is 0 Å². The van der Waals surface area contributed by atoms with Crippen LogP contribution < -0.4 is 0 Å². The van der Waals surface area contributed by atoms with Crippen LogP contribution in [0.15, 0.2) is 23.5 Å². The maximum Gasteiger partial charge on any atom is 0.257 e. The summed E-state index contributed by atoms with van der Waals surface area (Å²) in [6.45, 7) is 1.13. The Balaban J connectivity index is 1.82. The summed E-state index contributed by atoms with van der Waals surface area (Å²) in [6.07, 6.45) is 7.38. The molecule has 0 radical (unpaired) electrons. The predicted octanol–water partition coefficient (Wildman–Crippen LogP) is 0.566. The molecular formula is C14H19N5O3S. The molecule has 0 bridgehead atoms. The minimum absolute atomic E-state index is 0.0587. The molecule has 124 valence electrons. The van der Waals surface area contributed by atoms with Crippen molar-refractivity contribution in [2.24, 2.45) is 7.05 Å². The largest absolute Gasteiger partial charge is 0.338 e. The van der Waals surface area contributed by atoms with Crippen LogP contribution in [-0.4, -0.2) is 58.5 Å². The molecule has 1 aliphatic heterocycles. The third kappa shape index (κ3) is 3.14. The van der Waals surface area contributed by atoms with E-state index < -0.39 is 9.84 Å². The van der Waals surface area contributed by atoms with Crippen LogP contribution in [0.2, 0.25) is 0 Å². The zero-order valence-electron chi connectivity index (χ0n) is 13.1. The summed E-state index contributed by atoms with van der Waals surface area (Å²) in [5.74, 6) is -0.139. The number of sulfone groups is 1. The fraction of sp³-hybridized carbons (Fsp3) is 0.500. The zero-order valence-corrected chi connectivity index (χ0v) is 13.9. The van der Waals surface area contributed by atoms with Gasteiger partial charge >= 0.3 is 0 Å². The van der Waals surface area contributed by atoms with Crippen molar-refractivity contribution >= 4 is 15.7 Å². The maximum atomic E-state index is 12.5. The molecule has 0 unspecified atom stereocenters. The van der Waals surface area contributed by atoms with Crippen molar-refractivity contribution < 1.29 is 13.2 Å². The molecule has 1 N–H and O–H groups in total. The van der Waals surface area contributed by atoms with E-state index in [9.17, 15) is 13.2 Å². The molecule has 1 aliphatic rings. The van der Waals surface area contributed by atoms with E-state index in [1.54, 1.807) is 29.0 Å². The van der Waals surface area contributed by atoms with Gasteiger partial charge in [0.25, 0.3) is 5.91 Å². The Hall–Kier alpha value is -2.16. The van der Waals surface area contributed by atoms with Gasteiger partial charge in [-0.05, 0) is 12.8 Å². The highest BCUT2D eigenvalue weighted by molar-refractivity contribution is 7.90. The Labute approximate surface area is 134 Å². The summed E-state index contributed by atoms with van der Waals surface area (Å²) in [5.41, 5.74) is 1.14. The number of aromatic amines is 1. The van der Waals surface area contributed by atoms with Gasteiger partial charge in [0.05, 0.1) is 23.7 Å². The smallest absolute Gasteiger partial charge is 0.257 e. The Morgan fingerprint density at radius 1 is 1.39 bits per heavy atom. The summed E-state index contributed by atoms with van der Waals surface area (Å²) in [7, 11) is -1.57. The van der Waals surface area contributed by atoms with Crippen LogP contribution in [-0.2, 0) is 16.9 Å². The summed E-state index contributed by atoms with van der Waals surface area (Å²) in [5, 5.41) is 10.7. The van der Waals surface area contributed by atoms with Gasteiger partial charge in [0.2, 0.25) is 0 Å². The average molecular weight is 337 g/mol. The quantitative estimate of drug-likeness (QED) is 0.882. The molecule has 9 heteroatoms. The number of aromatic nitrogens is 4. The van der Waals surface area contributed by atoms with E-state index in [0.717, 1.165) is 12.8 Å². The fourth-order valence-electron chi connectivity index (χ4n) is 2.98. The van der Waals surface area contributed by atoms with E-state index in [0.29, 0.717) is 24.3 Å². The number of aryl methyl sites for hydroxylation is 1. The molecule has 8 nitrogen and oxygen atoms in total. The highest BCUT2D eigenvalue weighted by Crippen LogP contribution is 2.30. The SMILES string of the molecule is Cn1cc(C(=O)N2CCC[C@@H](c3[nH]ncc3S(C)(=O)=O)C2)cn1. The van der Waals surface area contributed by atoms with Gasteiger partial charge in [-0.15, -0.1) is 0 Å². The van der Waals surface area contributed by atoms with Crippen molar-refractivity contribution in [3.8, 4) is 0 Å². The monoisotopic (exact) mass is 337 g/mol. The van der Waals surface area contributed by atoms with Crippen molar-refractivity contribution in [2.45, 2.75) is 23.7 Å². The summed E-state index contributed by atoms with van der Waals surface area (Å²) < 4.78 is 25.3. The molecule has 1 saturated heterocycles. The van der Waals surface area contributed by atoms with Gasteiger partial charge in [-0.1, -0.05) is 0 Å². The number of nitrogens with one attached hydrogen (secondary N) is 1. The topological polar surface area (TPSA) is 101 Å². The number of hydrogen-bond donors (Lipinski definition) is 1. The van der Waals surface area contributed by atoms with Crippen LogP contribution in [0.1, 0.15) is 34.8 Å². The summed E-state index contributed by atoms with van der Waals surface area (Å²) in [4.78, 5) is 14.5. The number of carbonyl (C=O) groups excluding carboxylic acids is 1. The molecule has 1 atom stereocenters. The van der Waals surface area contributed by atoms with Crippen LogP contribution in [0.4, 0.5) is 0 Å². The summed E-state index contributed by atoms with van der Waals surface area (Å²) in [6, 6.07) is 0. The highest BCUT2D eigenvalue weighted by Gasteiger charge is 2.30. The lowest BCUT2D eigenvalue weighted by Gasteiger charge is -2.32. The first-order valence-corrected chi connectivity index (χ1v) is 9.26. The minimum atomic E-state index is -3.34. The first-order chi connectivity index (χ1) is 10.9. The average Bonchev–Trinajstić information content (AvgIpc) is 3.15. The maximum absolute atomic E-state index is 12.5. The van der Waals surface area contributed by atoms with Crippen LogP contribution in [0.3, 0.4) is 0 Å². The molecule has 2 aromatic heterocycles. The van der Waals surface area contributed by atoms with E-state index in [-0.39, 0.29) is 16.7 Å². The number of nitrogens with zero attached hydrogens (tertiary/aromatic N) is 4. The number of carbonyl (C=O) groups is 1. The second-order valence-corrected chi connectivity index (χ2v) is 7.90. The second-order valence-electron chi connectivity index (χ2n) is 5.91. The molecule has 0 aliphatic carbocycles. The van der Waals surface area contributed by atoms with Gasteiger partial charge in [0, 0.05) is 38.5 Å². The molecule has 2 aromatic rings. The number of likely N-dealkylation sites (tertiary alicyclic amines) is 1. The molecular weight excluding hydrogens is 318 g/mol. The van der Waals surface area contributed by atoms with Gasteiger partial charge in [-0.2, -0.15) is 10.2 Å². The summed E-state index contributed by atoms with van der Waals surface area (Å²) >= 11 is 0. The Morgan fingerprint density at radius 2 is 2.17 bits per heavy atom. The third-order valence-electron chi connectivity index (χ3n) is 4.10. The lowest BCUT2D eigenvalue weighted by atomic mass is 9.94. The number of amides is 1. The van der Waals surface area contributed by atoms with Crippen LogP contribution in [0, 0.1) is 0 Å². The lowest BCUT2D eigenvalue weighted by Crippen LogP contribution is -2.39. The number of rotatable bonds is 3. The zero-order chi connectivity index (χ0) is 16.6. The van der Waals surface area contributed by atoms with E-state index in [2.05, 4.69) is 15.3 Å². The molecule has 1 amide bonds. The fourth-order valence-corrected chi connectivity index (χ4v) is 3.84. The van der Waals surface area contributed by atoms with Gasteiger partial charge in [-0.25, -0.2) is 8.42 Å². The third-order valence-corrected chi connectivity index (χ3v) is 5.22. The first-order valence-electron chi connectivity index (χ1n) is 7.37. The highest BCUT2D eigenvalue weighted by atomic mass is 32.2. The van der Waals surface area contributed by atoms with Crippen molar-refractivity contribution in [2.75, 3.05) is 19.3 Å². The molecule has 0 spiro atoms. The molecule has 3 rings (SSSR count). The first kappa shape index (κ1) is 15.7. The Bertz CT molecular complexity index is 823. The van der Waals surface area contributed by atoms with E-state index >= 15 is 0 Å². The predicted molar refractivity (Wildman–Crippen MR) is 82.8 cm³/mol. The molecule has 23 heavy (non-hydrogen) atoms. The van der Waals surface area contributed by atoms with Crippen LogP contribution in [0.25, 0.3) is 0 Å². The molecule has 0 saturated carbocycles. The normalized spacial score (nSPS) is 19.0. The van der Waals surface area contributed by atoms with Crippen LogP contribution >= 0.6 is 0 Å². The molecule has 0 aromatic carbocycles. The number of piperidine rings is 1. The van der Waals surface area contributed by atoms with Crippen molar-refractivity contribution in [3.05, 3.63) is 29.8 Å². The van der Waals surface area contributed by atoms with E-state index in [4.69, 9.17) is 0 Å². The lowest BCUT2D eigenvalue weighted by molar-refractivity contribution is 0.0705. The number of H-pyrrole nitrogens is 1. The van der Waals surface area contributed by atoms with Crippen molar-refractivity contribution in [3.63, 3.8) is 0 Å². The van der Waals surface area contributed by atoms with E-state index in [1.165, 1.54) is 12.5 Å². The van der Waals surface area contributed by atoms with Gasteiger partial charge in [-0.3, -0.25) is 14.6 Å². The Kier molecular flexibility index (Phi) is 3.97. The van der Waals surface area contributed by atoms with Crippen LogP contribution in [0.5, 0.6) is 0 Å². The standard InChI is InChI=1S/C14H19N5O3S/c1-18-8-11(6-16-18)14(20)19-5-3-4-10(9-19)13-12(7-15-17-13)23(2,21)22/h6-8,10H,3-5,9H2,1-2H3,(H,15,17)/t10-/m1/s1. The van der Waals surface area contributed by atoms with Gasteiger partial charge < -0.3 is 4.90 Å². The molecule has 3 heterocycles. The number of hydrogen-bond acceptors (Lipinski definition) is 5. The molecule has 1 fully saturated rings. The van der Waals surface area contributed by atoms with Gasteiger partial charge in [0.1, 0.15) is 4.90 Å². The van der Waals surface area contributed by atoms with Gasteiger partial charge in [0.15, 0.2) is 9.84 Å². The second kappa shape index (κ2) is 5.80.